The van der Waals surface area contributed by atoms with Gasteiger partial charge in [-0.25, -0.2) is 0 Å². The van der Waals surface area contributed by atoms with Gasteiger partial charge in [0.1, 0.15) is 5.75 Å². The summed E-state index contributed by atoms with van der Waals surface area (Å²) in [6.45, 7) is 8.77. The zero-order valence-corrected chi connectivity index (χ0v) is 12.7. The van der Waals surface area contributed by atoms with Gasteiger partial charge in [-0.15, -0.1) is 0 Å². The van der Waals surface area contributed by atoms with Crippen LogP contribution < -0.4 is 10.1 Å². The molecule has 3 nitrogen and oxygen atoms in total. The molecule has 0 aromatic heterocycles. The average Bonchev–Trinajstić information content (AvgIpc) is 2.99. The second-order valence-corrected chi connectivity index (χ2v) is 5.57. The quantitative estimate of drug-likeness (QED) is 0.702. The fraction of sp³-hybridized carbons (Fsp3) is 0.647. The Labute approximate surface area is 123 Å². The number of benzene rings is 1. The van der Waals surface area contributed by atoms with Crippen molar-refractivity contribution in [3.05, 3.63) is 29.8 Å². The van der Waals surface area contributed by atoms with Crippen LogP contribution >= 0.6 is 0 Å². The fourth-order valence-corrected chi connectivity index (χ4v) is 2.60. The molecule has 3 heteroatoms. The zero-order valence-electron chi connectivity index (χ0n) is 12.7. The molecule has 1 aliphatic heterocycles. The number of hydrogen-bond donors (Lipinski definition) is 1. The second kappa shape index (κ2) is 8.98. The molecule has 0 saturated carbocycles. The fourth-order valence-electron chi connectivity index (χ4n) is 2.60. The first kappa shape index (κ1) is 15.3. The molecule has 2 rings (SSSR count). The van der Waals surface area contributed by atoms with Crippen LogP contribution in [0.15, 0.2) is 24.3 Å². The largest absolute Gasteiger partial charge is 0.494 e. The highest BCUT2D eigenvalue weighted by Crippen LogP contribution is 2.13. The van der Waals surface area contributed by atoms with E-state index >= 15 is 0 Å². The van der Waals surface area contributed by atoms with Crippen molar-refractivity contribution in [2.24, 2.45) is 0 Å². The molecule has 1 aromatic carbocycles. The normalized spacial score (nSPS) is 15.7. The van der Waals surface area contributed by atoms with Crippen LogP contribution in [-0.2, 0) is 6.54 Å². The standard InChI is InChI=1S/C17H28N2O/c1-2-10-18-15-16-6-8-17(9-7-16)20-14-5-13-19-11-3-4-12-19/h6-9,18H,2-5,10-15H2,1H3. The van der Waals surface area contributed by atoms with Gasteiger partial charge >= 0.3 is 0 Å². The van der Waals surface area contributed by atoms with Gasteiger partial charge in [0.25, 0.3) is 0 Å². The van der Waals surface area contributed by atoms with E-state index in [0.29, 0.717) is 0 Å². The lowest BCUT2D eigenvalue weighted by molar-refractivity contribution is 0.263. The van der Waals surface area contributed by atoms with E-state index in [4.69, 9.17) is 4.74 Å². The number of hydrogen-bond acceptors (Lipinski definition) is 3. The van der Waals surface area contributed by atoms with Gasteiger partial charge < -0.3 is 15.0 Å². The Morgan fingerprint density at radius 2 is 1.90 bits per heavy atom. The van der Waals surface area contributed by atoms with Crippen molar-refractivity contribution >= 4 is 0 Å². The summed E-state index contributed by atoms with van der Waals surface area (Å²) in [6, 6.07) is 8.47. The Bertz CT molecular complexity index is 358. The predicted octanol–water partition coefficient (Wildman–Crippen LogP) is 3.05. The molecule has 1 N–H and O–H groups in total. The van der Waals surface area contributed by atoms with Gasteiger partial charge in [-0.1, -0.05) is 19.1 Å². The van der Waals surface area contributed by atoms with E-state index in [1.807, 2.05) is 0 Å². The van der Waals surface area contributed by atoms with Crippen molar-refractivity contribution in [3.63, 3.8) is 0 Å². The molecule has 0 unspecified atom stereocenters. The van der Waals surface area contributed by atoms with Crippen LogP contribution in [0.25, 0.3) is 0 Å². The van der Waals surface area contributed by atoms with Crippen molar-refractivity contribution in [2.45, 2.75) is 39.2 Å². The van der Waals surface area contributed by atoms with Crippen LogP contribution in [-0.4, -0.2) is 37.7 Å². The molecule has 1 aliphatic rings. The molecule has 1 aromatic rings. The number of rotatable bonds is 9. The summed E-state index contributed by atoms with van der Waals surface area (Å²) in [5.41, 5.74) is 1.32. The monoisotopic (exact) mass is 276 g/mol. The highest BCUT2D eigenvalue weighted by molar-refractivity contribution is 5.27. The molecule has 0 radical (unpaired) electrons. The van der Waals surface area contributed by atoms with Gasteiger partial charge in [0.15, 0.2) is 0 Å². The van der Waals surface area contributed by atoms with Crippen molar-refractivity contribution in [1.82, 2.24) is 10.2 Å². The minimum absolute atomic E-state index is 0.823. The Morgan fingerprint density at radius 1 is 1.15 bits per heavy atom. The Balaban J connectivity index is 1.60. The van der Waals surface area contributed by atoms with Crippen LogP contribution in [0.5, 0.6) is 5.75 Å². The van der Waals surface area contributed by atoms with E-state index in [1.165, 1.54) is 44.5 Å². The van der Waals surface area contributed by atoms with E-state index in [1.54, 1.807) is 0 Å². The minimum Gasteiger partial charge on any atom is -0.494 e. The van der Waals surface area contributed by atoms with Gasteiger partial charge in [-0.05, 0) is 63.0 Å². The van der Waals surface area contributed by atoms with E-state index < -0.39 is 0 Å². The van der Waals surface area contributed by atoms with E-state index in [0.717, 1.165) is 31.9 Å². The molecule has 1 fully saturated rings. The van der Waals surface area contributed by atoms with Crippen LogP contribution in [0, 0.1) is 0 Å². The predicted molar refractivity (Wildman–Crippen MR) is 84.2 cm³/mol. The van der Waals surface area contributed by atoms with Gasteiger partial charge in [0.05, 0.1) is 6.61 Å². The SMILES string of the molecule is CCCNCc1ccc(OCCCN2CCCC2)cc1. The summed E-state index contributed by atoms with van der Waals surface area (Å²) < 4.78 is 5.80. The maximum atomic E-state index is 5.80. The summed E-state index contributed by atoms with van der Waals surface area (Å²) in [4.78, 5) is 2.53. The van der Waals surface area contributed by atoms with Gasteiger partial charge in [0.2, 0.25) is 0 Å². The number of nitrogens with one attached hydrogen (secondary N) is 1. The van der Waals surface area contributed by atoms with Gasteiger partial charge in [-0.2, -0.15) is 0 Å². The van der Waals surface area contributed by atoms with E-state index in [9.17, 15) is 0 Å². The number of nitrogens with zero attached hydrogens (tertiary/aromatic N) is 1. The molecular weight excluding hydrogens is 248 g/mol. The van der Waals surface area contributed by atoms with Crippen molar-refractivity contribution < 1.29 is 4.74 Å². The van der Waals surface area contributed by atoms with Crippen molar-refractivity contribution in [2.75, 3.05) is 32.8 Å². The molecule has 0 amide bonds. The van der Waals surface area contributed by atoms with Gasteiger partial charge in [0, 0.05) is 13.1 Å². The van der Waals surface area contributed by atoms with Crippen LogP contribution in [0.2, 0.25) is 0 Å². The highest BCUT2D eigenvalue weighted by atomic mass is 16.5. The average molecular weight is 276 g/mol. The van der Waals surface area contributed by atoms with Crippen LogP contribution in [0.4, 0.5) is 0 Å². The summed E-state index contributed by atoms with van der Waals surface area (Å²) in [5.74, 6) is 0.991. The zero-order chi connectivity index (χ0) is 14.0. The third kappa shape index (κ3) is 5.51. The molecule has 1 saturated heterocycles. The van der Waals surface area contributed by atoms with E-state index in [2.05, 4.69) is 41.4 Å². The smallest absolute Gasteiger partial charge is 0.119 e. The lowest BCUT2D eigenvalue weighted by atomic mass is 10.2. The second-order valence-electron chi connectivity index (χ2n) is 5.57. The van der Waals surface area contributed by atoms with Gasteiger partial charge in [-0.3, -0.25) is 0 Å². The van der Waals surface area contributed by atoms with Crippen LogP contribution in [0.3, 0.4) is 0 Å². The Morgan fingerprint density at radius 3 is 2.60 bits per heavy atom. The number of likely N-dealkylation sites (tertiary alicyclic amines) is 1. The Hall–Kier alpha value is -1.06. The molecule has 0 bridgehead atoms. The molecular formula is C17H28N2O. The number of ether oxygens (including phenoxy) is 1. The topological polar surface area (TPSA) is 24.5 Å². The molecule has 0 aliphatic carbocycles. The summed E-state index contributed by atoms with van der Waals surface area (Å²) in [7, 11) is 0. The molecule has 0 atom stereocenters. The van der Waals surface area contributed by atoms with E-state index in [-0.39, 0.29) is 0 Å². The first-order valence-electron chi connectivity index (χ1n) is 8.03. The summed E-state index contributed by atoms with van der Waals surface area (Å²) in [6.07, 6.45) is 5.04. The molecule has 1 heterocycles. The molecule has 0 spiro atoms. The Kier molecular flexibility index (Phi) is 6.89. The highest BCUT2D eigenvalue weighted by Gasteiger charge is 2.10. The summed E-state index contributed by atoms with van der Waals surface area (Å²) >= 11 is 0. The third-order valence-electron chi connectivity index (χ3n) is 3.77. The maximum absolute atomic E-state index is 5.80. The first-order valence-corrected chi connectivity index (χ1v) is 8.03. The van der Waals surface area contributed by atoms with Crippen molar-refractivity contribution in [3.8, 4) is 5.75 Å². The lowest BCUT2D eigenvalue weighted by Crippen LogP contribution is -2.21. The van der Waals surface area contributed by atoms with Crippen LogP contribution in [0.1, 0.15) is 38.2 Å². The summed E-state index contributed by atoms with van der Waals surface area (Å²) in [5, 5.41) is 3.41. The maximum Gasteiger partial charge on any atom is 0.119 e. The molecule has 112 valence electrons. The first-order chi connectivity index (χ1) is 9.88. The van der Waals surface area contributed by atoms with Crippen molar-refractivity contribution in [1.29, 1.82) is 0 Å². The third-order valence-corrected chi connectivity index (χ3v) is 3.77. The lowest BCUT2D eigenvalue weighted by Gasteiger charge is -2.14. The minimum atomic E-state index is 0.823. The molecule has 20 heavy (non-hydrogen) atoms.